The summed E-state index contributed by atoms with van der Waals surface area (Å²) in [6, 6.07) is 2.10. The van der Waals surface area contributed by atoms with Gasteiger partial charge in [0.05, 0.1) is 17.4 Å². The summed E-state index contributed by atoms with van der Waals surface area (Å²) >= 11 is 1.91. The highest BCUT2D eigenvalue weighted by Gasteiger charge is 2.25. The van der Waals surface area contributed by atoms with Crippen LogP contribution in [0.4, 0.5) is 5.69 Å². The summed E-state index contributed by atoms with van der Waals surface area (Å²) in [7, 11) is 0. The molecule has 0 aromatic carbocycles. The fraction of sp³-hybridized carbons (Fsp3) is 0.538. The largest absolute Gasteiger partial charge is 0.383 e. The van der Waals surface area contributed by atoms with Crippen LogP contribution in [0.15, 0.2) is 18.5 Å². The van der Waals surface area contributed by atoms with Crippen molar-refractivity contribution in [2.75, 3.05) is 29.9 Å². The molecule has 1 aliphatic heterocycles. The van der Waals surface area contributed by atoms with Crippen molar-refractivity contribution in [1.82, 2.24) is 9.88 Å². The number of aromatic nitrogens is 1. The molecule has 1 aromatic rings. The zero-order valence-electron chi connectivity index (χ0n) is 10.8. The fourth-order valence-corrected chi connectivity index (χ4v) is 3.11. The van der Waals surface area contributed by atoms with Gasteiger partial charge in [0, 0.05) is 36.8 Å². The van der Waals surface area contributed by atoms with Crippen molar-refractivity contribution in [1.29, 1.82) is 0 Å². The number of nitrogens with one attached hydrogen (secondary N) is 1. The molecule has 1 atom stereocenters. The van der Waals surface area contributed by atoms with Crippen LogP contribution < -0.4 is 5.32 Å². The van der Waals surface area contributed by atoms with Gasteiger partial charge >= 0.3 is 0 Å². The van der Waals surface area contributed by atoms with E-state index in [9.17, 15) is 4.79 Å². The van der Waals surface area contributed by atoms with Crippen LogP contribution in [-0.2, 0) is 0 Å². The first kappa shape index (κ1) is 13.2. The molecule has 1 N–H and O–H groups in total. The summed E-state index contributed by atoms with van der Waals surface area (Å²) < 4.78 is 0. The minimum Gasteiger partial charge on any atom is -0.383 e. The van der Waals surface area contributed by atoms with E-state index in [4.69, 9.17) is 0 Å². The molecule has 1 aliphatic rings. The Balaban J connectivity index is 2.22. The van der Waals surface area contributed by atoms with Crippen LogP contribution in [0, 0.1) is 0 Å². The summed E-state index contributed by atoms with van der Waals surface area (Å²) in [5, 5.41) is 3.20. The number of pyridine rings is 1. The molecule has 0 bridgehead atoms. The Hall–Kier alpha value is -1.23. The summed E-state index contributed by atoms with van der Waals surface area (Å²) in [5.74, 6) is 2.16. The molecule has 0 radical (unpaired) electrons. The zero-order chi connectivity index (χ0) is 13.0. The molecule has 5 heteroatoms. The van der Waals surface area contributed by atoms with Gasteiger partial charge in [-0.2, -0.15) is 11.8 Å². The number of carbonyl (C=O) groups excluding carboxylic acids is 1. The fourth-order valence-electron chi connectivity index (χ4n) is 2.10. The van der Waals surface area contributed by atoms with E-state index < -0.39 is 0 Å². The lowest BCUT2D eigenvalue weighted by molar-refractivity contribution is 0.0717. The Morgan fingerprint density at radius 1 is 1.67 bits per heavy atom. The van der Waals surface area contributed by atoms with Gasteiger partial charge in [-0.3, -0.25) is 9.78 Å². The number of hydrogen-bond acceptors (Lipinski definition) is 4. The summed E-state index contributed by atoms with van der Waals surface area (Å²) in [6.45, 7) is 5.75. The lowest BCUT2D eigenvalue weighted by Gasteiger charge is -2.33. The molecule has 18 heavy (non-hydrogen) atoms. The van der Waals surface area contributed by atoms with E-state index in [1.54, 1.807) is 18.5 Å². The topological polar surface area (TPSA) is 45.2 Å². The van der Waals surface area contributed by atoms with Gasteiger partial charge in [-0.1, -0.05) is 0 Å². The van der Waals surface area contributed by atoms with E-state index in [1.165, 1.54) is 0 Å². The van der Waals surface area contributed by atoms with Crippen LogP contribution in [0.5, 0.6) is 0 Å². The predicted molar refractivity (Wildman–Crippen MR) is 76.2 cm³/mol. The Labute approximate surface area is 112 Å². The summed E-state index contributed by atoms with van der Waals surface area (Å²) in [5.41, 5.74) is 1.56. The molecular formula is C13H19N3OS. The molecular weight excluding hydrogens is 246 g/mol. The van der Waals surface area contributed by atoms with E-state index in [0.29, 0.717) is 6.04 Å². The molecule has 1 saturated heterocycles. The molecule has 4 nitrogen and oxygen atoms in total. The lowest BCUT2D eigenvalue weighted by Crippen LogP contribution is -2.44. The molecule has 1 aromatic heterocycles. The van der Waals surface area contributed by atoms with Crippen LogP contribution in [0.25, 0.3) is 0 Å². The van der Waals surface area contributed by atoms with Crippen LogP contribution in [-0.4, -0.2) is 46.4 Å². The second-order valence-electron chi connectivity index (χ2n) is 4.37. The highest BCUT2D eigenvalue weighted by molar-refractivity contribution is 7.99. The third-order valence-electron chi connectivity index (χ3n) is 3.05. The number of anilines is 1. The number of nitrogens with zero attached hydrogens (tertiary/aromatic N) is 2. The van der Waals surface area contributed by atoms with Crippen molar-refractivity contribution in [3.63, 3.8) is 0 Å². The predicted octanol–water partition coefficient (Wildman–Crippen LogP) is 2.09. The Morgan fingerprint density at radius 3 is 3.22 bits per heavy atom. The van der Waals surface area contributed by atoms with Crippen LogP contribution in [0.2, 0.25) is 0 Å². The Kier molecular flexibility index (Phi) is 4.47. The van der Waals surface area contributed by atoms with E-state index in [-0.39, 0.29) is 5.91 Å². The Bertz CT molecular complexity index is 424. The van der Waals surface area contributed by atoms with E-state index >= 15 is 0 Å². The first-order chi connectivity index (χ1) is 8.74. The standard InChI is InChI=1S/C13H19N3OS/c1-3-15-12-8-14-5-4-11(12)13(17)16-6-7-18-9-10(16)2/h4-5,8,10,15H,3,6-7,9H2,1-2H3. The van der Waals surface area contributed by atoms with Crippen molar-refractivity contribution < 1.29 is 4.79 Å². The number of amides is 1. The molecule has 0 aliphatic carbocycles. The molecule has 2 rings (SSSR count). The van der Waals surface area contributed by atoms with Crippen LogP contribution >= 0.6 is 11.8 Å². The normalized spacial score (nSPS) is 19.7. The smallest absolute Gasteiger partial charge is 0.256 e. The molecule has 2 heterocycles. The molecule has 98 valence electrons. The van der Waals surface area contributed by atoms with E-state index in [1.807, 2.05) is 23.6 Å². The number of thioether (sulfide) groups is 1. The van der Waals surface area contributed by atoms with Crippen LogP contribution in [0.1, 0.15) is 24.2 Å². The average molecular weight is 265 g/mol. The average Bonchev–Trinajstić information content (AvgIpc) is 2.40. The summed E-state index contributed by atoms with van der Waals surface area (Å²) in [4.78, 5) is 18.6. The highest BCUT2D eigenvalue weighted by atomic mass is 32.2. The highest BCUT2D eigenvalue weighted by Crippen LogP contribution is 2.21. The number of carbonyl (C=O) groups is 1. The van der Waals surface area contributed by atoms with Crippen molar-refractivity contribution in [3.05, 3.63) is 24.0 Å². The van der Waals surface area contributed by atoms with Gasteiger partial charge < -0.3 is 10.2 Å². The van der Waals surface area contributed by atoms with Crippen molar-refractivity contribution >= 4 is 23.4 Å². The van der Waals surface area contributed by atoms with Crippen molar-refractivity contribution in [2.45, 2.75) is 19.9 Å². The van der Waals surface area contributed by atoms with Crippen LogP contribution in [0.3, 0.4) is 0 Å². The van der Waals surface area contributed by atoms with Gasteiger partial charge in [0.25, 0.3) is 5.91 Å². The van der Waals surface area contributed by atoms with Gasteiger partial charge in [0.15, 0.2) is 0 Å². The van der Waals surface area contributed by atoms with Gasteiger partial charge in [-0.25, -0.2) is 0 Å². The maximum Gasteiger partial charge on any atom is 0.256 e. The van der Waals surface area contributed by atoms with Gasteiger partial charge in [-0.15, -0.1) is 0 Å². The first-order valence-corrected chi connectivity index (χ1v) is 7.46. The second-order valence-corrected chi connectivity index (χ2v) is 5.52. The number of rotatable bonds is 3. The summed E-state index contributed by atoms with van der Waals surface area (Å²) in [6.07, 6.45) is 3.40. The number of hydrogen-bond donors (Lipinski definition) is 1. The minimum absolute atomic E-state index is 0.112. The maximum atomic E-state index is 12.6. The maximum absolute atomic E-state index is 12.6. The van der Waals surface area contributed by atoms with Crippen molar-refractivity contribution in [2.24, 2.45) is 0 Å². The molecule has 1 amide bonds. The minimum atomic E-state index is 0.112. The van der Waals surface area contributed by atoms with Gasteiger partial charge in [-0.05, 0) is 19.9 Å². The molecule has 1 fully saturated rings. The first-order valence-electron chi connectivity index (χ1n) is 6.30. The van der Waals surface area contributed by atoms with Gasteiger partial charge in [0.1, 0.15) is 0 Å². The quantitative estimate of drug-likeness (QED) is 0.909. The lowest BCUT2D eigenvalue weighted by atomic mass is 10.1. The second kappa shape index (κ2) is 6.09. The molecule has 0 spiro atoms. The third kappa shape index (κ3) is 2.77. The SMILES string of the molecule is CCNc1cnccc1C(=O)N1CCSCC1C. The van der Waals surface area contributed by atoms with Crippen molar-refractivity contribution in [3.8, 4) is 0 Å². The third-order valence-corrected chi connectivity index (χ3v) is 4.24. The van der Waals surface area contributed by atoms with E-state index in [2.05, 4.69) is 17.2 Å². The van der Waals surface area contributed by atoms with E-state index in [0.717, 1.165) is 35.8 Å². The Morgan fingerprint density at radius 2 is 2.50 bits per heavy atom. The zero-order valence-corrected chi connectivity index (χ0v) is 11.7. The monoisotopic (exact) mass is 265 g/mol. The molecule has 0 saturated carbocycles. The van der Waals surface area contributed by atoms with Gasteiger partial charge in [0.2, 0.25) is 0 Å². The molecule has 1 unspecified atom stereocenters.